The summed E-state index contributed by atoms with van der Waals surface area (Å²) in [5.74, 6) is -0.222. The molecule has 1 unspecified atom stereocenters. The Morgan fingerprint density at radius 2 is 1.86 bits per heavy atom. The fourth-order valence-electron chi connectivity index (χ4n) is 2.52. The molecular formula is C18H17FN2. The summed E-state index contributed by atoms with van der Waals surface area (Å²) in [4.78, 5) is 4.24. The molecule has 0 radical (unpaired) electrons. The van der Waals surface area contributed by atoms with E-state index < -0.39 is 0 Å². The number of benzene rings is 2. The quantitative estimate of drug-likeness (QED) is 0.772. The van der Waals surface area contributed by atoms with Crippen LogP contribution in [-0.2, 0) is 0 Å². The molecule has 0 aliphatic carbocycles. The third-order valence-corrected chi connectivity index (χ3v) is 3.88. The molecule has 1 heterocycles. The number of aromatic nitrogens is 1. The molecule has 0 saturated heterocycles. The summed E-state index contributed by atoms with van der Waals surface area (Å²) in [6.07, 6.45) is 3.53. The minimum absolute atomic E-state index is 0.173. The van der Waals surface area contributed by atoms with Gasteiger partial charge in [-0.3, -0.25) is 4.98 Å². The highest BCUT2D eigenvalue weighted by molar-refractivity contribution is 5.95. The van der Waals surface area contributed by atoms with Crippen LogP contribution in [0.2, 0.25) is 0 Å². The number of hydrogen-bond acceptors (Lipinski definition) is 2. The van der Waals surface area contributed by atoms with E-state index in [4.69, 9.17) is 0 Å². The molecule has 1 atom stereocenters. The normalized spacial score (nSPS) is 12.5. The maximum absolute atomic E-state index is 14.3. The fraction of sp³-hybridized carbons (Fsp3) is 0.167. The molecule has 0 amide bonds. The number of rotatable bonds is 3. The van der Waals surface area contributed by atoms with Crippen LogP contribution >= 0.6 is 0 Å². The summed E-state index contributed by atoms with van der Waals surface area (Å²) in [6, 6.07) is 13.3. The first-order chi connectivity index (χ1) is 10.2. The molecule has 3 heteroatoms. The Kier molecular flexibility index (Phi) is 3.67. The lowest BCUT2D eigenvalue weighted by molar-refractivity contribution is 0.622. The van der Waals surface area contributed by atoms with Gasteiger partial charge in [-0.05, 0) is 37.1 Å². The van der Waals surface area contributed by atoms with Crippen molar-refractivity contribution in [2.75, 3.05) is 7.05 Å². The van der Waals surface area contributed by atoms with Crippen LogP contribution in [0.4, 0.5) is 4.39 Å². The van der Waals surface area contributed by atoms with E-state index >= 15 is 0 Å². The summed E-state index contributed by atoms with van der Waals surface area (Å²) >= 11 is 0. The second-order valence-electron chi connectivity index (χ2n) is 5.16. The van der Waals surface area contributed by atoms with Crippen LogP contribution < -0.4 is 5.32 Å². The Morgan fingerprint density at radius 3 is 2.67 bits per heavy atom. The summed E-state index contributed by atoms with van der Waals surface area (Å²) in [5, 5.41) is 5.21. The first-order valence-electron chi connectivity index (χ1n) is 7.00. The Labute approximate surface area is 123 Å². The van der Waals surface area contributed by atoms with Crippen molar-refractivity contribution in [1.82, 2.24) is 10.3 Å². The van der Waals surface area contributed by atoms with Crippen molar-refractivity contribution >= 4 is 10.8 Å². The van der Waals surface area contributed by atoms with Gasteiger partial charge in [-0.25, -0.2) is 4.39 Å². The number of fused-ring (bicyclic) bond motifs is 1. The Hall–Kier alpha value is -2.26. The van der Waals surface area contributed by atoms with Gasteiger partial charge < -0.3 is 5.32 Å². The monoisotopic (exact) mass is 280 g/mol. The van der Waals surface area contributed by atoms with Gasteiger partial charge in [-0.1, -0.05) is 30.3 Å². The van der Waals surface area contributed by atoms with Crippen LogP contribution in [0.1, 0.15) is 18.5 Å². The average molecular weight is 280 g/mol. The van der Waals surface area contributed by atoms with Gasteiger partial charge in [0.2, 0.25) is 0 Å². The van der Waals surface area contributed by atoms with E-state index in [0.29, 0.717) is 5.56 Å². The van der Waals surface area contributed by atoms with E-state index in [1.807, 2.05) is 43.4 Å². The lowest BCUT2D eigenvalue weighted by Crippen LogP contribution is -2.12. The van der Waals surface area contributed by atoms with Gasteiger partial charge in [0, 0.05) is 34.9 Å². The molecule has 0 spiro atoms. The van der Waals surface area contributed by atoms with Gasteiger partial charge in [0.25, 0.3) is 0 Å². The Morgan fingerprint density at radius 1 is 1.05 bits per heavy atom. The van der Waals surface area contributed by atoms with Gasteiger partial charge in [-0.2, -0.15) is 0 Å². The second-order valence-corrected chi connectivity index (χ2v) is 5.16. The summed E-state index contributed by atoms with van der Waals surface area (Å²) < 4.78 is 14.3. The molecule has 1 N–H and O–H groups in total. The molecule has 2 nitrogen and oxygen atoms in total. The molecule has 3 aromatic rings. The smallest absolute Gasteiger partial charge is 0.131 e. The maximum Gasteiger partial charge on any atom is 0.131 e. The topological polar surface area (TPSA) is 24.9 Å². The van der Waals surface area contributed by atoms with Crippen molar-refractivity contribution in [2.45, 2.75) is 13.0 Å². The van der Waals surface area contributed by atoms with Gasteiger partial charge in [0.05, 0.1) is 0 Å². The number of pyridine rings is 1. The highest BCUT2D eigenvalue weighted by Crippen LogP contribution is 2.31. The third-order valence-electron chi connectivity index (χ3n) is 3.88. The first kappa shape index (κ1) is 13.7. The SMILES string of the molecule is CNC(C)c1ccc(F)c(-c2cncc3ccccc23)c1. The zero-order valence-electron chi connectivity index (χ0n) is 12.1. The minimum Gasteiger partial charge on any atom is -0.313 e. The molecule has 2 aromatic carbocycles. The van der Waals surface area contributed by atoms with E-state index in [9.17, 15) is 4.39 Å². The molecule has 0 bridgehead atoms. The van der Waals surface area contributed by atoms with Crippen molar-refractivity contribution in [2.24, 2.45) is 0 Å². The van der Waals surface area contributed by atoms with Crippen LogP contribution in [0.3, 0.4) is 0 Å². The van der Waals surface area contributed by atoms with Gasteiger partial charge in [0.1, 0.15) is 5.82 Å². The summed E-state index contributed by atoms with van der Waals surface area (Å²) in [6.45, 7) is 2.05. The minimum atomic E-state index is -0.222. The number of hydrogen-bond donors (Lipinski definition) is 1. The molecule has 0 fully saturated rings. The van der Waals surface area contributed by atoms with Crippen LogP contribution in [0, 0.1) is 5.82 Å². The van der Waals surface area contributed by atoms with Crippen LogP contribution in [-0.4, -0.2) is 12.0 Å². The predicted octanol–water partition coefficient (Wildman–Crippen LogP) is 4.32. The van der Waals surface area contributed by atoms with E-state index in [-0.39, 0.29) is 11.9 Å². The second kappa shape index (κ2) is 5.62. The van der Waals surface area contributed by atoms with E-state index in [1.165, 1.54) is 6.07 Å². The van der Waals surface area contributed by atoms with Crippen LogP contribution in [0.25, 0.3) is 21.9 Å². The molecule has 106 valence electrons. The summed E-state index contributed by atoms with van der Waals surface area (Å²) in [5.41, 5.74) is 2.48. The molecule has 3 rings (SSSR count). The van der Waals surface area contributed by atoms with Crippen LogP contribution in [0.5, 0.6) is 0 Å². The number of halogens is 1. The van der Waals surface area contributed by atoms with E-state index in [0.717, 1.165) is 21.9 Å². The molecule has 0 aliphatic heterocycles. The molecule has 0 saturated carbocycles. The Balaban J connectivity index is 2.23. The molecule has 0 aliphatic rings. The van der Waals surface area contributed by atoms with E-state index in [1.54, 1.807) is 12.4 Å². The number of nitrogens with zero attached hydrogens (tertiary/aromatic N) is 1. The Bertz CT molecular complexity index is 778. The lowest BCUT2D eigenvalue weighted by atomic mass is 9.97. The zero-order chi connectivity index (χ0) is 14.8. The predicted molar refractivity (Wildman–Crippen MR) is 84.6 cm³/mol. The van der Waals surface area contributed by atoms with E-state index in [2.05, 4.69) is 17.2 Å². The van der Waals surface area contributed by atoms with Gasteiger partial charge in [0.15, 0.2) is 0 Å². The summed E-state index contributed by atoms with van der Waals surface area (Å²) in [7, 11) is 1.90. The number of nitrogens with one attached hydrogen (secondary N) is 1. The maximum atomic E-state index is 14.3. The highest BCUT2D eigenvalue weighted by atomic mass is 19.1. The zero-order valence-corrected chi connectivity index (χ0v) is 12.1. The van der Waals surface area contributed by atoms with Crippen molar-refractivity contribution in [3.05, 3.63) is 66.2 Å². The molecule has 21 heavy (non-hydrogen) atoms. The highest BCUT2D eigenvalue weighted by Gasteiger charge is 2.12. The van der Waals surface area contributed by atoms with Crippen molar-refractivity contribution in [1.29, 1.82) is 0 Å². The van der Waals surface area contributed by atoms with Crippen LogP contribution in [0.15, 0.2) is 54.9 Å². The van der Waals surface area contributed by atoms with Crippen molar-refractivity contribution < 1.29 is 4.39 Å². The lowest BCUT2D eigenvalue weighted by Gasteiger charge is -2.14. The van der Waals surface area contributed by atoms with Crippen molar-refractivity contribution in [3.63, 3.8) is 0 Å². The first-order valence-corrected chi connectivity index (χ1v) is 7.00. The standard InChI is InChI=1S/C18H17FN2/c1-12(20-2)13-7-8-18(19)16(9-13)17-11-21-10-14-5-3-4-6-15(14)17/h3-12,20H,1-2H3. The largest absolute Gasteiger partial charge is 0.313 e. The fourth-order valence-corrected chi connectivity index (χ4v) is 2.52. The van der Waals surface area contributed by atoms with Crippen molar-refractivity contribution in [3.8, 4) is 11.1 Å². The third kappa shape index (κ3) is 2.52. The average Bonchev–Trinajstić information content (AvgIpc) is 2.54. The van der Waals surface area contributed by atoms with Gasteiger partial charge >= 0.3 is 0 Å². The molecular weight excluding hydrogens is 263 g/mol. The molecule has 1 aromatic heterocycles. The van der Waals surface area contributed by atoms with Gasteiger partial charge in [-0.15, -0.1) is 0 Å².